The third kappa shape index (κ3) is 2.45. The van der Waals surface area contributed by atoms with Crippen molar-refractivity contribution in [2.45, 2.75) is 6.42 Å². The number of halogens is 1. The minimum absolute atomic E-state index is 0.239. The van der Waals surface area contributed by atoms with Gasteiger partial charge in [-0.25, -0.2) is 4.39 Å². The molecular weight excluding hydrogens is 223 g/mol. The van der Waals surface area contributed by atoms with E-state index in [1.54, 1.807) is 19.2 Å². The highest BCUT2D eigenvalue weighted by atomic mass is 19.1. The van der Waals surface area contributed by atoms with Crippen LogP contribution in [0.2, 0.25) is 0 Å². The van der Waals surface area contributed by atoms with E-state index < -0.39 is 0 Å². The van der Waals surface area contributed by atoms with E-state index >= 15 is 0 Å². The van der Waals surface area contributed by atoms with Gasteiger partial charge >= 0.3 is 0 Å². The lowest BCUT2D eigenvalue weighted by Gasteiger charge is -2.02. The summed E-state index contributed by atoms with van der Waals surface area (Å²) in [7, 11) is 1.61. The summed E-state index contributed by atoms with van der Waals surface area (Å²) in [5, 5.41) is 3.88. The van der Waals surface area contributed by atoms with Crippen molar-refractivity contribution < 1.29 is 13.7 Å². The van der Waals surface area contributed by atoms with Gasteiger partial charge in [-0.2, -0.15) is 0 Å². The van der Waals surface area contributed by atoms with Crippen LogP contribution in [0.4, 0.5) is 10.3 Å². The average Bonchev–Trinajstić information content (AvgIpc) is 2.69. The summed E-state index contributed by atoms with van der Waals surface area (Å²) in [6.45, 7) is 0.528. The zero-order chi connectivity index (χ0) is 12.3. The van der Waals surface area contributed by atoms with Crippen LogP contribution in [-0.2, 0) is 11.2 Å². The molecule has 0 spiro atoms. The van der Waals surface area contributed by atoms with E-state index in [1.165, 1.54) is 12.1 Å². The van der Waals surface area contributed by atoms with Crippen LogP contribution in [0, 0.1) is 5.82 Å². The summed E-state index contributed by atoms with van der Waals surface area (Å²) in [6, 6.07) is 6.05. The Morgan fingerprint density at radius 3 is 2.71 bits per heavy atom. The lowest BCUT2D eigenvalue weighted by atomic mass is 10.0. The largest absolute Gasteiger partial charge is 0.384 e. The first-order valence-electron chi connectivity index (χ1n) is 5.21. The maximum atomic E-state index is 12.8. The molecule has 1 aromatic heterocycles. The molecule has 0 fully saturated rings. The van der Waals surface area contributed by atoms with Crippen LogP contribution in [0.1, 0.15) is 5.69 Å². The summed E-state index contributed by atoms with van der Waals surface area (Å²) >= 11 is 0. The van der Waals surface area contributed by atoms with Crippen molar-refractivity contribution in [1.29, 1.82) is 0 Å². The number of nitrogens with zero attached hydrogens (tertiary/aromatic N) is 1. The molecular formula is C12H13FN2O2. The van der Waals surface area contributed by atoms with Crippen LogP contribution in [0.5, 0.6) is 0 Å². The molecule has 0 aliphatic heterocycles. The molecule has 2 N–H and O–H groups in total. The van der Waals surface area contributed by atoms with Gasteiger partial charge < -0.3 is 15.0 Å². The number of anilines is 1. The lowest BCUT2D eigenvalue weighted by molar-refractivity contribution is 0.200. The Balaban J connectivity index is 2.36. The average molecular weight is 236 g/mol. The SMILES string of the molecule is COCCc1noc(N)c1-c1ccc(F)cc1. The molecule has 4 nitrogen and oxygen atoms in total. The topological polar surface area (TPSA) is 61.3 Å². The zero-order valence-electron chi connectivity index (χ0n) is 9.44. The molecule has 2 rings (SSSR count). The van der Waals surface area contributed by atoms with Crippen LogP contribution in [-0.4, -0.2) is 18.9 Å². The molecule has 1 aromatic carbocycles. The molecule has 1 heterocycles. The van der Waals surface area contributed by atoms with E-state index in [1.807, 2.05) is 0 Å². The fraction of sp³-hybridized carbons (Fsp3) is 0.250. The van der Waals surface area contributed by atoms with Gasteiger partial charge in [-0.1, -0.05) is 17.3 Å². The summed E-state index contributed by atoms with van der Waals surface area (Å²) in [4.78, 5) is 0. The fourth-order valence-corrected chi connectivity index (χ4v) is 1.63. The number of methoxy groups -OCH3 is 1. The molecule has 0 atom stereocenters. The second kappa shape index (κ2) is 4.97. The van der Waals surface area contributed by atoms with Gasteiger partial charge in [0.05, 0.1) is 17.9 Å². The molecule has 0 aliphatic rings. The zero-order valence-corrected chi connectivity index (χ0v) is 9.44. The maximum absolute atomic E-state index is 12.8. The molecule has 0 saturated heterocycles. The number of benzene rings is 1. The third-order valence-electron chi connectivity index (χ3n) is 2.47. The molecule has 17 heavy (non-hydrogen) atoms. The van der Waals surface area contributed by atoms with Crippen molar-refractivity contribution in [1.82, 2.24) is 5.16 Å². The maximum Gasteiger partial charge on any atom is 0.230 e. The predicted octanol–water partition coefficient (Wildman–Crippen LogP) is 2.25. The van der Waals surface area contributed by atoms with Crippen molar-refractivity contribution in [3.8, 4) is 11.1 Å². The van der Waals surface area contributed by atoms with Gasteiger partial charge in [0.2, 0.25) is 5.88 Å². The highest BCUT2D eigenvalue weighted by Crippen LogP contribution is 2.29. The van der Waals surface area contributed by atoms with Crippen LogP contribution in [0.25, 0.3) is 11.1 Å². The highest BCUT2D eigenvalue weighted by molar-refractivity contribution is 5.74. The van der Waals surface area contributed by atoms with Crippen molar-refractivity contribution in [2.75, 3.05) is 19.5 Å². The molecule has 0 saturated carbocycles. The third-order valence-corrected chi connectivity index (χ3v) is 2.47. The van der Waals surface area contributed by atoms with Crippen LogP contribution in [0.15, 0.2) is 28.8 Å². The number of ether oxygens (including phenoxy) is 1. The van der Waals surface area contributed by atoms with Gasteiger partial charge in [0.15, 0.2) is 0 Å². The van der Waals surface area contributed by atoms with Gasteiger partial charge in [-0.05, 0) is 17.7 Å². The minimum atomic E-state index is -0.290. The first-order valence-corrected chi connectivity index (χ1v) is 5.21. The smallest absolute Gasteiger partial charge is 0.230 e. The summed E-state index contributed by atoms with van der Waals surface area (Å²) in [6.07, 6.45) is 0.601. The van der Waals surface area contributed by atoms with Gasteiger partial charge in [-0.15, -0.1) is 0 Å². The Hall–Kier alpha value is -1.88. The quantitative estimate of drug-likeness (QED) is 0.884. The lowest BCUT2D eigenvalue weighted by Crippen LogP contribution is -1.97. The second-order valence-electron chi connectivity index (χ2n) is 3.62. The predicted molar refractivity (Wildman–Crippen MR) is 61.9 cm³/mol. The molecule has 5 heteroatoms. The van der Waals surface area contributed by atoms with Crippen LogP contribution in [0.3, 0.4) is 0 Å². The van der Waals surface area contributed by atoms with Crippen LogP contribution < -0.4 is 5.73 Å². The highest BCUT2D eigenvalue weighted by Gasteiger charge is 2.15. The van der Waals surface area contributed by atoms with E-state index in [9.17, 15) is 4.39 Å². The Bertz CT molecular complexity index is 494. The van der Waals surface area contributed by atoms with E-state index in [-0.39, 0.29) is 11.7 Å². The molecule has 2 aromatic rings. The van der Waals surface area contributed by atoms with Gasteiger partial charge in [0.1, 0.15) is 5.82 Å². The van der Waals surface area contributed by atoms with Crippen molar-refractivity contribution >= 4 is 5.88 Å². The Morgan fingerprint density at radius 1 is 1.35 bits per heavy atom. The van der Waals surface area contributed by atoms with Gasteiger partial charge in [-0.3, -0.25) is 0 Å². The standard InChI is InChI=1S/C12H13FN2O2/c1-16-7-6-10-11(12(14)17-15-10)8-2-4-9(13)5-3-8/h2-5H,6-7,14H2,1H3. The van der Waals surface area contributed by atoms with E-state index in [0.29, 0.717) is 18.6 Å². The fourth-order valence-electron chi connectivity index (χ4n) is 1.63. The van der Waals surface area contributed by atoms with Gasteiger partial charge in [0, 0.05) is 13.5 Å². The first-order chi connectivity index (χ1) is 8.22. The summed E-state index contributed by atoms with van der Waals surface area (Å²) in [5.41, 5.74) is 7.94. The number of nitrogen functional groups attached to an aromatic ring is 1. The van der Waals surface area contributed by atoms with E-state index in [0.717, 1.165) is 11.3 Å². The number of hydrogen-bond donors (Lipinski definition) is 1. The number of rotatable bonds is 4. The second-order valence-corrected chi connectivity index (χ2v) is 3.62. The van der Waals surface area contributed by atoms with E-state index in [4.69, 9.17) is 15.0 Å². The number of nitrogens with two attached hydrogens (primary N) is 1. The molecule has 90 valence electrons. The molecule has 0 radical (unpaired) electrons. The summed E-state index contributed by atoms with van der Waals surface area (Å²) < 4.78 is 22.8. The molecule has 0 unspecified atom stereocenters. The normalized spacial score (nSPS) is 10.7. The van der Waals surface area contributed by atoms with E-state index in [2.05, 4.69) is 5.16 Å². The molecule has 0 bridgehead atoms. The monoisotopic (exact) mass is 236 g/mol. The Morgan fingerprint density at radius 2 is 2.06 bits per heavy atom. The Labute approximate surface area is 98.2 Å². The van der Waals surface area contributed by atoms with Crippen molar-refractivity contribution in [2.24, 2.45) is 0 Å². The number of hydrogen-bond acceptors (Lipinski definition) is 4. The van der Waals surface area contributed by atoms with Crippen molar-refractivity contribution in [3.05, 3.63) is 35.8 Å². The minimum Gasteiger partial charge on any atom is -0.384 e. The van der Waals surface area contributed by atoms with Crippen LogP contribution >= 0.6 is 0 Å². The summed E-state index contributed by atoms with van der Waals surface area (Å²) in [5.74, 6) is -0.0510. The molecule has 0 amide bonds. The number of aromatic nitrogens is 1. The van der Waals surface area contributed by atoms with Gasteiger partial charge in [0.25, 0.3) is 0 Å². The molecule has 0 aliphatic carbocycles. The first kappa shape index (κ1) is 11.6. The van der Waals surface area contributed by atoms with Crippen molar-refractivity contribution in [3.63, 3.8) is 0 Å². The Kier molecular flexibility index (Phi) is 3.39.